The topological polar surface area (TPSA) is 81.7 Å². The monoisotopic (exact) mass is 622 g/mol. The van der Waals surface area contributed by atoms with Gasteiger partial charge in [-0.15, -0.1) is 0 Å². The van der Waals surface area contributed by atoms with Crippen LogP contribution in [0.4, 0.5) is 0 Å². The molecule has 0 aromatic heterocycles. The molecule has 0 amide bonds. The van der Waals surface area contributed by atoms with Crippen molar-refractivity contribution in [2.45, 2.75) is 37.8 Å². The van der Waals surface area contributed by atoms with Crippen LogP contribution in [0.3, 0.4) is 0 Å². The van der Waals surface area contributed by atoms with E-state index >= 15 is 0 Å². The third-order valence-corrected chi connectivity index (χ3v) is 10.1. The van der Waals surface area contributed by atoms with Crippen LogP contribution >= 0.6 is 0 Å². The normalized spacial score (nSPS) is 23.0. The molecule has 238 valence electrons. The Labute approximate surface area is 268 Å². The lowest BCUT2D eigenvalue weighted by Gasteiger charge is -2.49. The van der Waals surface area contributed by atoms with Crippen LogP contribution in [-0.4, -0.2) is 57.7 Å². The van der Waals surface area contributed by atoms with E-state index in [1.165, 1.54) is 11.1 Å². The average molecular weight is 623 g/mol. The van der Waals surface area contributed by atoms with E-state index < -0.39 is 4.65 Å². The number of ether oxygens (including phenoxy) is 6. The smallest absolute Gasteiger partial charge is 0.231 e. The Morgan fingerprint density at radius 1 is 0.783 bits per heavy atom. The molecule has 0 radical (unpaired) electrons. The van der Waals surface area contributed by atoms with Gasteiger partial charge in [-0.1, -0.05) is 18.2 Å². The summed E-state index contributed by atoms with van der Waals surface area (Å²) in [7, 11) is 7.21. The summed E-state index contributed by atoms with van der Waals surface area (Å²) in [5.74, 6) is 5.08. The molecule has 9 nitrogen and oxygen atoms in total. The molecular weight excluding hydrogens is 584 g/mol. The first-order valence-electron chi connectivity index (χ1n) is 15.9. The molecule has 0 spiro atoms. The Bertz CT molecular complexity index is 1820. The second-order valence-corrected chi connectivity index (χ2v) is 12.9. The van der Waals surface area contributed by atoms with Gasteiger partial charge in [-0.25, -0.2) is 0 Å². The van der Waals surface area contributed by atoms with Crippen molar-refractivity contribution in [2.75, 3.05) is 48.2 Å². The van der Waals surface area contributed by atoms with Gasteiger partial charge in [-0.05, 0) is 84.6 Å². The zero-order chi connectivity index (χ0) is 31.6. The van der Waals surface area contributed by atoms with Gasteiger partial charge in [0.25, 0.3) is 0 Å². The molecule has 5 heterocycles. The predicted molar refractivity (Wildman–Crippen MR) is 172 cm³/mol. The van der Waals surface area contributed by atoms with Crippen molar-refractivity contribution in [2.24, 2.45) is 0 Å². The number of hydrogen-bond donors (Lipinski definition) is 0. The van der Waals surface area contributed by atoms with Crippen molar-refractivity contribution in [3.63, 3.8) is 0 Å². The maximum absolute atomic E-state index is 14.1. The molecule has 9 heteroatoms. The van der Waals surface area contributed by atoms with Crippen LogP contribution in [-0.2, 0) is 25.7 Å². The Morgan fingerprint density at radius 2 is 1.57 bits per heavy atom. The standard InChI is InChI=1S/C37H38N2O7/c1-38-13-11-25-19-34-36(44-21-43-34)37-35(25)28(38)15-22-5-8-26(9-6-22)45-32-17-23(7-10-30(32)41-3)16-29-27-20-33(46-37)31(42-4)18-24(27)12-14-39(29,2)40/h5-10,17-20,28-29H,11-16,21H2,1-4H3/t28-,29+,39?/m0/s1. The number of hydrogen-bond acceptors (Lipinski definition) is 8. The summed E-state index contributed by atoms with van der Waals surface area (Å²) in [6.45, 7) is 1.50. The van der Waals surface area contributed by atoms with E-state index in [4.69, 9.17) is 28.4 Å². The van der Waals surface area contributed by atoms with Crippen LogP contribution < -0.4 is 28.4 Å². The van der Waals surface area contributed by atoms with Gasteiger partial charge in [0.1, 0.15) is 11.8 Å². The molecule has 0 saturated heterocycles. The van der Waals surface area contributed by atoms with Crippen molar-refractivity contribution in [1.29, 1.82) is 0 Å². The molecule has 46 heavy (non-hydrogen) atoms. The molecule has 0 fully saturated rings. The van der Waals surface area contributed by atoms with E-state index in [1.54, 1.807) is 21.3 Å². The second-order valence-electron chi connectivity index (χ2n) is 12.9. The lowest BCUT2D eigenvalue weighted by molar-refractivity contribution is -0.894. The van der Waals surface area contributed by atoms with Crippen molar-refractivity contribution in [3.8, 4) is 46.0 Å². The minimum atomic E-state index is -0.400. The van der Waals surface area contributed by atoms with E-state index in [0.717, 1.165) is 41.6 Å². The molecule has 4 aromatic carbocycles. The van der Waals surface area contributed by atoms with Crippen LogP contribution in [0.2, 0.25) is 0 Å². The number of rotatable bonds is 2. The number of likely N-dealkylation sites (N-methyl/N-ethyl adjacent to an activating group) is 2. The van der Waals surface area contributed by atoms with Crippen LogP contribution in [0, 0.1) is 5.21 Å². The number of fused-ring (bicyclic) bond motifs is 3. The van der Waals surface area contributed by atoms with Gasteiger partial charge in [0, 0.05) is 36.6 Å². The fraction of sp³-hybridized carbons (Fsp3) is 0.351. The van der Waals surface area contributed by atoms with Crippen LogP contribution in [0.15, 0.2) is 60.7 Å². The fourth-order valence-electron chi connectivity index (χ4n) is 7.47. The molecule has 5 aliphatic heterocycles. The summed E-state index contributed by atoms with van der Waals surface area (Å²) in [6, 6.07) is 19.9. The van der Waals surface area contributed by atoms with Crippen molar-refractivity contribution < 1.29 is 33.1 Å². The first-order valence-corrected chi connectivity index (χ1v) is 15.9. The minimum Gasteiger partial charge on any atom is -0.633 e. The molecule has 0 N–H and O–H groups in total. The van der Waals surface area contributed by atoms with Gasteiger partial charge in [0.15, 0.2) is 34.5 Å². The summed E-state index contributed by atoms with van der Waals surface area (Å²) < 4.78 is 36.5. The van der Waals surface area contributed by atoms with Crippen molar-refractivity contribution >= 4 is 0 Å². The third kappa shape index (κ3) is 4.90. The zero-order valence-corrected chi connectivity index (χ0v) is 26.6. The van der Waals surface area contributed by atoms with E-state index in [1.807, 2.05) is 42.5 Å². The molecule has 3 atom stereocenters. The molecule has 4 aromatic rings. The number of benzene rings is 4. The summed E-state index contributed by atoms with van der Waals surface area (Å²) in [5.41, 5.74) is 6.47. The summed E-state index contributed by atoms with van der Waals surface area (Å²) in [5, 5.41) is 14.1. The maximum Gasteiger partial charge on any atom is 0.231 e. The lowest BCUT2D eigenvalue weighted by atomic mass is 9.87. The Hall–Kier alpha value is -4.44. The predicted octanol–water partition coefficient (Wildman–Crippen LogP) is 6.89. The number of hydroxylamine groups is 3. The number of quaternary nitrogens is 1. The van der Waals surface area contributed by atoms with E-state index in [2.05, 4.69) is 30.1 Å². The Balaban J connectivity index is 1.35. The largest absolute Gasteiger partial charge is 0.633 e. The summed E-state index contributed by atoms with van der Waals surface area (Å²) in [4.78, 5) is 2.37. The first-order chi connectivity index (χ1) is 22.3. The lowest BCUT2D eigenvalue weighted by Crippen LogP contribution is -2.47. The van der Waals surface area contributed by atoms with Crippen LogP contribution in [0.25, 0.3) is 0 Å². The molecule has 9 rings (SSSR count). The highest BCUT2D eigenvalue weighted by molar-refractivity contribution is 5.64. The summed E-state index contributed by atoms with van der Waals surface area (Å²) in [6.07, 6.45) is 2.78. The van der Waals surface area contributed by atoms with Gasteiger partial charge >= 0.3 is 0 Å². The molecule has 1 unspecified atom stereocenters. The molecule has 6 bridgehead atoms. The maximum atomic E-state index is 14.1. The van der Waals surface area contributed by atoms with Gasteiger partial charge in [0.2, 0.25) is 12.5 Å². The Morgan fingerprint density at radius 3 is 2.37 bits per heavy atom. The highest BCUT2D eigenvalue weighted by Crippen LogP contribution is 2.53. The van der Waals surface area contributed by atoms with E-state index in [0.29, 0.717) is 65.4 Å². The van der Waals surface area contributed by atoms with Gasteiger partial charge in [0.05, 0.1) is 27.8 Å². The minimum absolute atomic E-state index is 0.0219. The van der Waals surface area contributed by atoms with Gasteiger partial charge < -0.3 is 38.3 Å². The van der Waals surface area contributed by atoms with Gasteiger partial charge in [-0.2, -0.15) is 0 Å². The SMILES string of the molecule is COc1ccc2cc1Oc1ccc(cc1)C[C@H]1c3c(cc4c(c3Oc3cc5c(cc3OC)CC[N+](C)([O-])[C@@H]5C2)OCO4)CCN1C. The average Bonchev–Trinajstić information content (AvgIpc) is 3.53. The molecular formula is C37H38N2O7. The zero-order valence-electron chi connectivity index (χ0n) is 26.6. The van der Waals surface area contributed by atoms with Crippen molar-refractivity contribution in [3.05, 3.63) is 99.3 Å². The third-order valence-electron chi connectivity index (χ3n) is 10.1. The second kappa shape index (κ2) is 11.1. The Kier molecular flexibility index (Phi) is 7.01. The van der Waals surface area contributed by atoms with Crippen LogP contribution in [0.1, 0.15) is 45.5 Å². The summed E-state index contributed by atoms with van der Waals surface area (Å²) >= 11 is 0. The fourth-order valence-corrected chi connectivity index (χ4v) is 7.47. The van der Waals surface area contributed by atoms with Crippen molar-refractivity contribution in [1.82, 2.24) is 4.90 Å². The highest BCUT2D eigenvalue weighted by atomic mass is 16.7. The highest BCUT2D eigenvalue weighted by Gasteiger charge is 2.38. The van der Waals surface area contributed by atoms with E-state index in [-0.39, 0.29) is 18.9 Å². The number of methoxy groups -OCH3 is 2. The van der Waals surface area contributed by atoms with Crippen LogP contribution in [0.5, 0.6) is 46.0 Å². The first kappa shape index (κ1) is 29.0. The van der Waals surface area contributed by atoms with Gasteiger partial charge in [-0.3, -0.25) is 4.90 Å². The quantitative estimate of drug-likeness (QED) is 0.177. The molecule has 0 aliphatic carbocycles. The molecule has 0 saturated carbocycles. The number of nitrogens with zero attached hydrogens (tertiary/aromatic N) is 2. The van der Waals surface area contributed by atoms with E-state index in [9.17, 15) is 5.21 Å². The molecule has 5 aliphatic rings.